The molecule has 1 aromatic carbocycles. The summed E-state index contributed by atoms with van der Waals surface area (Å²) in [6.45, 7) is 8.40. The van der Waals surface area contributed by atoms with Gasteiger partial charge in [-0.05, 0) is 5.92 Å². The molecule has 1 aromatic rings. The fourth-order valence-electron chi connectivity index (χ4n) is 2.73. The van der Waals surface area contributed by atoms with E-state index in [2.05, 4.69) is 13.8 Å². The largest absolute Gasteiger partial charge is 0.373 e. The predicted octanol–water partition coefficient (Wildman–Crippen LogP) is 3.83. The van der Waals surface area contributed by atoms with Crippen LogP contribution in [-0.4, -0.2) is 24.3 Å². The molecule has 1 aliphatic carbocycles. The Hall–Kier alpha value is -1.74. The van der Waals surface area contributed by atoms with E-state index in [0.717, 1.165) is 0 Å². The van der Waals surface area contributed by atoms with Gasteiger partial charge >= 0.3 is 0 Å². The molecule has 3 heteroatoms. The van der Waals surface area contributed by atoms with Gasteiger partial charge in [0.05, 0.1) is 12.7 Å². The number of Topliss-reactive ketones (excluding diaryl/α,β-unsaturated/α-hetero) is 2. The Morgan fingerprint density at radius 2 is 1.52 bits per heavy atom. The molecule has 0 N–H and O–H groups in total. The maximum atomic E-state index is 12.5. The van der Waals surface area contributed by atoms with Gasteiger partial charge in [-0.3, -0.25) is 9.59 Å². The van der Waals surface area contributed by atoms with Crippen molar-refractivity contribution in [3.63, 3.8) is 0 Å². The molecule has 21 heavy (non-hydrogen) atoms. The van der Waals surface area contributed by atoms with E-state index in [1.54, 1.807) is 24.3 Å². The molecule has 3 rings (SSSR count). The predicted molar refractivity (Wildman–Crippen MR) is 82.7 cm³/mol. The number of carbonyl (C=O) groups is 2. The molecule has 0 unspecified atom stereocenters. The average molecular weight is 286 g/mol. The minimum Gasteiger partial charge on any atom is -0.373 e. The van der Waals surface area contributed by atoms with Crippen molar-refractivity contribution in [2.45, 2.75) is 40.2 Å². The minimum atomic E-state index is -0.0487. The van der Waals surface area contributed by atoms with Crippen LogP contribution >= 0.6 is 0 Å². The molecular formula is C18H22O3. The summed E-state index contributed by atoms with van der Waals surface area (Å²) in [5.74, 6) is 0.292. The smallest absolute Gasteiger partial charge is 0.192 e. The van der Waals surface area contributed by atoms with Crippen molar-refractivity contribution < 1.29 is 14.3 Å². The van der Waals surface area contributed by atoms with Crippen LogP contribution in [0.4, 0.5) is 0 Å². The van der Waals surface area contributed by atoms with E-state index >= 15 is 0 Å². The second-order valence-electron chi connectivity index (χ2n) is 5.46. The number of ketones is 2. The normalized spacial score (nSPS) is 20.7. The van der Waals surface area contributed by atoms with Crippen molar-refractivity contribution >= 4 is 11.6 Å². The maximum Gasteiger partial charge on any atom is 0.192 e. The zero-order valence-corrected chi connectivity index (χ0v) is 13.1. The number of fused-ring (bicyclic) bond motifs is 1. The van der Waals surface area contributed by atoms with Crippen molar-refractivity contribution in [1.29, 1.82) is 0 Å². The van der Waals surface area contributed by atoms with Crippen LogP contribution in [0.3, 0.4) is 0 Å². The van der Waals surface area contributed by atoms with Crippen LogP contribution in [0.25, 0.3) is 0 Å². The summed E-state index contributed by atoms with van der Waals surface area (Å²) < 4.78 is 5.71. The Morgan fingerprint density at radius 1 is 1.00 bits per heavy atom. The molecule has 0 radical (unpaired) electrons. The Balaban J connectivity index is 0.000000774. The third-order valence-electron chi connectivity index (χ3n) is 3.92. The fraction of sp³-hybridized carbons (Fsp3) is 0.444. The summed E-state index contributed by atoms with van der Waals surface area (Å²) in [5.41, 5.74) is 2.27. The van der Waals surface area contributed by atoms with E-state index in [1.165, 1.54) is 0 Å². The summed E-state index contributed by atoms with van der Waals surface area (Å²) in [7, 11) is 0. The van der Waals surface area contributed by atoms with Crippen molar-refractivity contribution in [3.8, 4) is 0 Å². The number of carbonyl (C=O) groups excluding carboxylic acids is 2. The fourth-order valence-corrected chi connectivity index (χ4v) is 2.73. The highest BCUT2D eigenvalue weighted by Crippen LogP contribution is 2.34. The Kier molecular flexibility index (Phi) is 4.73. The van der Waals surface area contributed by atoms with Crippen molar-refractivity contribution in [2.24, 2.45) is 5.92 Å². The molecule has 0 saturated carbocycles. The first-order valence-electron chi connectivity index (χ1n) is 7.61. The molecule has 0 spiro atoms. The lowest BCUT2D eigenvalue weighted by Gasteiger charge is -2.31. The van der Waals surface area contributed by atoms with Crippen LogP contribution < -0.4 is 0 Å². The van der Waals surface area contributed by atoms with E-state index < -0.39 is 0 Å². The number of rotatable bonds is 1. The molecule has 0 amide bonds. The maximum absolute atomic E-state index is 12.5. The SMILES string of the molecule is CC.CC(C)[C@@H]1CC2=C(CO1)C(=O)c1ccccc1C2=O. The van der Waals surface area contributed by atoms with Gasteiger partial charge in [-0.1, -0.05) is 52.0 Å². The summed E-state index contributed by atoms with van der Waals surface area (Å²) in [6, 6.07) is 7.04. The van der Waals surface area contributed by atoms with Gasteiger partial charge < -0.3 is 4.74 Å². The van der Waals surface area contributed by atoms with Gasteiger partial charge in [0.15, 0.2) is 11.6 Å². The number of hydrogen-bond acceptors (Lipinski definition) is 3. The van der Waals surface area contributed by atoms with E-state index in [9.17, 15) is 9.59 Å². The number of hydrogen-bond donors (Lipinski definition) is 0. The monoisotopic (exact) mass is 286 g/mol. The van der Waals surface area contributed by atoms with Gasteiger partial charge in [0.25, 0.3) is 0 Å². The first kappa shape index (κ1) is 15.6. The molecule has 0 bridgehead atoms. The van der Waals surface area contributed by atoms with Crippen molar-refractivity contribution in [1.82, 2.24) is 0 Å². The first-order valence-corrected chi connectivity index (χ1v) is 7.61. The molecule has 1 aliphatic heterocycles. The third kappa shape index (κ3) is 2.70. The Labute approximate surface area is 126 Å². The van der Waals surface area contributed by atoms with Crippen molar-refractivity contribution in [3.05, 3.63) is 46.5 Å². The number of benzene rings is 1. The van der Waals surface area contributed by atoms with E-state index in [1.807, 2.05) is 13.8 Å². The first-order chi connectivity index (χ1) is 10.1. The molecule has 1 atom stereocenters. The highest BCUT2D eigenvalue weighted by molar-refractivity contribution is 6.27. The van der Waals surface area contributed by atoms with Gasteiger partial charge in [0, 0.05) is 28.7 Å². The summed E-state index contributed by atoms with van der Waals surface area (Å²) in [5, 5.41) is 0. The molecule has 112 valence electrons. The second-order valence-corrected chi connectivity index (χ2v) is 5.46. The average Bonchev–Trinajstić information content (AvgIpc) is 2.54. The van der Waals surface area contributed by atoms with Gasteiger partial charge in [-0.25, -0.2) is 0 Å². The van der Waals surface area contributed by atoms with Gasteiger partial charge in [0.1, 0.15) is 0 Å². The molecular weight excluding hydrogens is 264 g/mol. The highest BCUT2D eigenvalue weighted by Gasteiger charge is 2.36. The Morgan fingerprint density at radius 3 is 2.05 bits per heavy atom. The molecule has 0 fully saturated rings. The standard InChI is InChI=1S/C16H16O3.C2H6/c1-9(2)14-7-12-13(8-19-14)16(18)11-6-4-3-5-10(11)15(12)17;1-2/h3-6,9,14H,7-8H2,1-2H3;1-2H3/t14-;/m0./s1. The number of ether oxygens (including phenoxy) is 1. The van der Waals surface area contributed by atoms with Crippen LogP contribution in [-0.2, 0) is 4.74 Å². The van der Waals surface area contributed by atoms with Crippen LogP contribution in [0.5, 0.6) is 0 Å². The third-order valence-corrected chi connectivity index (χ3v) is 3.92. The molecule has 3 nitrogen and oxygen atoms in total. The van der Waals surface area contributed by atoms with E-state index in [-0.39, 0.29) is 24.3 Å². The summed E-state index contributed by atoms with van der Waals surface area (Å²) in [4.78, 5) is 24.9. The zero-order chi connectivity index (χ0) is 15.6. The van der Waals surface area contributed by atoms with Crippen LogP contribution in [0.2, 0.25) is 0 Å². The van der Waals surface area contributed by atoms with E-state index in [4.69, 9.17) is 4.74 Å². The van der Waals surface area contributed by atoms with Crippen LogP contribution in [0, 0.1) is 5.92 Å². The van der Waals surface area contributed by atoms with Gasteiger partial charge in [0.2, 0.25) is 0 Å². The molecule has 0 saturated heterocycles. The zero-order valence-electron chi connectivity index (χ0n) is 13.1. The highest BCUT2D eigenvalue weighted by atomic mass is 16.5. The minimum absolute atomic E-state index is 0.000787. The Bertz CT molecular complexity index is 596. The summed E-state index contributed by atoms with van der Waals surface area (Å²) in [6.07, 6.45) is 0.576. The molecule has 1 heterocycles. The second kappa shape index (κ2) is 6.35. The van der Waals surface area contributed by atoms with E-state index in [0.29, 0.717) is 34.6 Å². The topological polar surface area (TPSA) is 43.4 Å². The lowest BCUT2D eigenvalue weighted by Crippen LogP contribution is -2.34. The van der Waals surface area contributed by atoms with Crippen LogP contribution in [0.1, 0.15) is 54.8 Å². The van der Waals surface area contributed by atoms with Gasteiger partial charge in [-0.15, -0.1) is 0 Å². The molecule has 2 aliphatic rings. The quantitative estimate of drug-likeness (QED) is 0.788. The van der Waals surface area contributed by atoms with Crippen molar-refractivity contribution in [2.75, 3.05) is 6.61 Å². The van der Waals surface area contributed by atoms with Gasteiger partial charge in [-0.2, -0.15) is 0 Å². The lowest BCUT2D eigenvalue weighted by molar-refractivity contribution is 0.0241. The lowest BCUT2D eigenvalue weighted by atomic mass is 9.80. The summed E-state index contributed by atoms with van der Waals surface area (Å²) >= 11 is 0. The molecule has 0 aromatic heterocycles. The van der Waals surface area contributed by atoms with Crippen LogP contribution in [0.15, 0.2) is 35.4 Å².